The van der Waals surface area contributed by atoms with Crippen LogP contribution in [0.4, 0.5) is 0 Å². The SMILES string of the molecule is CC(C)c1c(Cl)ncnc1Oc1ccc2cccnc2c1. The Bertz CT molecular complexity index is 789. The summed E-state index contributed by atoms with van der Waals surface area (Å²) in [5.74, 6) is 1.34. The van der Waals surface area contributed by atoms with E-state index < -0.39 is 0 Å². The highest BCUT2D eigenvalue weighted by Gasteiger charge is 2.15. The Morgan fingerprint density at radius 1 is 1.10 bits per heavy atom. The van der Waals surface area contributed by atoms with Gasteiger partial charge in [0.1, 0.15) is 17.2 Å². The van der Waals surface area contributed by atoms with Crippen molar-refractivity contribution in [2.24, 2.45) is 0 Å². The maximum Gasteiger partial charge on any atom is 0.227 e. The van der Waals surface area contributed by atoms with Gasteiger partial charge in [0.2, 0.25) is 5.88 Å². The summed E-state index contributed by atoms with van der Waals surface area (Å²) in [4.78, 5) is 12.5. The van der Waals surface area contributed by atoms with Crippen molar-refractivity contribution in [3.8, 4) is 11.6 Å². The molecular weight excluding hydrogens is 286 g/mol. The molecule has 4 nitrogen and oxygen atoms in total. The van der Waals surface area contributed by atoms with E-state index in [2.05, 4.69) is 15.0 Å². The number of hydrogen-bond donors (Lipinski definition) is 0. The summed E-state index contributed by atoms with van der Waals surface area (Å²) in [6.07, 6.45) is 3.16. The van der Waals surface area contributed by atoms with Crippen LogP contribution in [0.25, 0.3) is 10.9 Å². The van der Waals surface area contributed by atoms with Gasteiger partial charge in [-0.2, -0.15) is 0 Å². The Morgan fingerprint density at radius 2 is 1.95 bits per heavy atom. The average Bonchev–Trinajstić information content (AvgIpc) is 2.47. The van der Waals surface area contributed by atoms with E-state index in [0.29, 0.717) is 16.8 Å². The fourth-order valence-corrected chi connectivity index (χ4v) is 2.49. The zero-order valence-corrected chi connectivity index (χ0v) is 12.5. The summed E-state index contributed by atoms with van der Waals surface area (Å²) in [6, 6.07) is 9.66. The lowest BCUT2D eigenvalue weighted by Crippen LogP contribution is -1.99. The maximum absolute atomic E-state index is 6.14. The van der Waals surface area contributed by atoms with Crippen molar-refractivity contribution in [1.29, 1.82) is 0 Å². The lowest BCUT2D eigenvalue weighted by Gasteiger charge is -2.13. The monoisotopic (exact) mass is 299 g/mol. The molecule has 0 atom stereocenters. The van der Waals surface area contributed by atoms with Gasteiger partial charge in [0.25, 0.3) is 0 Å². The zero-order valence-electron chi connectivity index (χ0n) is 11.7. The molecule has 0 amide bonds. The normalized spacial score (nSPS) is 11.0. The number of ether oxygens (including phenoxy) is 1. The predicted octanol–water partition coefficient (Wildman–Crippen LogP) is 4.59. The van der Waals surface area contributed by atoms with Crippen LogP contribution in [0.15, 0.2) is 42.9 Å². The first-order valence-electron chi connectivity index (χ1n) is 6.68. The third-order valence-electron chi connectivity index (χ3n) is 3.17. The van der Waals surface area contributed by atoms with E-state index in [1.165, 1.54) is 6.33 Å². The second kappa shape index (κ2) is 5.66. The van der Waals surface area contributed by atoms with Gasteiger partial charge in [0.05, 0.1) is 11.1 Å². The predicted molar refractivity (Wildman–Crippen MR) is 82.9 cm³/mol. The van der Waals surface area contributed by atoms with Crippen LogP contribution >= 0.6 is 11.6 Å². The second-order valence-electron chi connectivity index (χ2n) is 5.00. The Morgan fingerprint density at radius 3 is 2.76 bits per heavy atom. The molecule has 2 aromatic heterocycles. The summed E-state index contributed by atoms with van der Waals surface area (Å²) in [5.41, 5.74) is 1.68. The molecule has 0 unspecified atom stereocenters. The second-order valence-corrected chi connectivity index (χ2v) is 5.36. The van der Waals surface area contributed by atoms with Gasteiger partial charge in [0, 0.05) is 17.6 Å². The van der Waals surface area contributed by atoms with Crippen LogP contribution in [0, 0.1) is 0 Å². The lowest BCUT2D eigenvalue weighted by molar-refractivity contribution is 0.452. The number of hydrogen-bond acceptors (Lipinski definition) is 4. The maximum atomic E-state index is 6.14. The van der Waals surface area contributed by atoms with Crippen LogP contribution in [-0.4, -0.2) is 15.0 Å². The molecule has 0 saturated carbocycles. The molecule has 0 saturated heterocycles. The molecule has 3 rings (SSSR count). The minimum absolute atomic E-state index is 0.173. The van der Waals surface area contributed by atoms with E-state index in [1.54, 1.807) is 6.20 Å². The number of nitrogens with zero attached hydrogens (tertiary/aromatic N) is 3. The molecule has 0 N–H and O–H groups in total. The first-order valence-corrected chi connectivity index (χ1v) is 7.06. The van der Waals surface area contributed by atoms with Crippen molar-refractivity contribution in [2.75, 3.05) is 0 Å². The van der Waals surface area contributed by atoms with Gasteiger partial charge in [-0.25, -0.2) is 9.97 Å². The van der Waals surface area contributed by atoms with Crippen LogP contribution in [0.3, 0.4) is 0 Å². The van der Waals surface area contributed by atoms with E-state index in [4.69, 9.17) is 16.3 Å². The van der Waals surface area contributed by atoms with Gasteiger partial charge in [0.15, 0.2) is 0 Å². The van der Waals surface area contributed by atoms with Crippen molar-refractivity contribution in [3.05, 3.63) is 53.6 Å². The van der Waals surface area contributed by atoms with Crippen LogP contribution in [-0.2, 0) is 0 Å². The molecule has 106 valence electrons. The van der Waals surface area contributed by atoms with Gasteiger partial charge in [-0.15, -0.1) is 0 Å². The Balaban J connectivity index is 2.00. The third-order valence-corrected chi connectivity index (χ3v) is 3.47. The highest BCUT2D eigenvalue weighted by molar-refractivity contribution is 6.30. The molecule has 0 aliphatic heterocycles. The number of rotatable bonds is 3. The van der Waals surface area contributed by atoms with E-state index in [-0.39, 0.29) is 5.92 Å². The number of pyridine rings is 1. The van der Waals surface area contributed by atoms with E-state index >= 15 is 0 Å². The van der Waals surface area contributed by atoms with Gasteiger partial charge in [-0.1, -0.05) is 31.5 Å². The van der Waals surface area contributed by atoms with Crippen LogP contribution in [0.5, 0.6) is 11.6 Å². The fourth-order valence-electron chi connectivity index (χ4n) is 2.15. The number of benzene rings is 1. The van der Waals surface area contributed by atoms with E-state index in [0.717, 1.165) is 16.5 Å². The molecular formula is C16H14ClN3O. The van der Waals surface area contributed by atoms with Crippen molar-refractivity contribution < 1.29 is 4.74 Å². The van der Waals surface area contributed by atoms with Crippen LogP contribution in [0.1, 0.15) is 25.3 Å². The van der Waals surface area contributed by atoms with Gasteiger partial charge in [-0.05, 0) is 24.1 Å². The molecule has 0 radical (unpaired) electrons. The average molecular weight is 300 g/mol. The first kappa shape index (κ1) is 13.8. The Hall–Kier alpha value is -2.20. The molecule has 0 fully saturated rings. The molecule has 1 aromatic carbocycles. The molecule has 2 heterocycles. The van der Waals surface area contributed by atoms with E-state index in [9.17, 15) is 0 Å². The van der Waals surface area contributed by atoms with Crippen molar-refractivity contribution in [3.63, 3.8) is 0 Å². The summed E-state index contributed by atoms with van der Waals surface area (Å²) >= 11 is 6.14. The number of fused-ring (bicyclic) bond motifs is 1. The highest BCUT2D eigenvalue weighted by atomic mass is 35.5. The van der Waals surface area contributed by atoms with Crippen molar-refractivity contribution in [2.45, 2.75) is 19.8 Å². The standard InChI is InChI=1S/C16H14ClN3O/c1-10(2)14-15(17)19-9-20-16(14)21-12-6-5-11-4-3-7-18-13(11)8-12/h3-10H,1-2H3. The lowest BCUT2D eigenvalue weighted by atomic mass is 10.1. The summed E-state index contributed by atoms with van der Waals surface area (Å²) < 4.78 is 5.88. The molecule has 5 heteroatoms. The Kier molecular flexibility index (Phi) is 3.71. The van der Waals surface area contributed by atoms with E-state index in [1.807, 2.05) is 44.2 Å². The van der Waals surface area contributed by atoms with Crippen LogP contribution < -0.4 is 4.74 Å². The highest BCUT2D eigenvalue weighted by Crippen LogP contribution is 2.33. The molecule has 0 aliphatic carbocycles. The fraction of sp³-hybridized carbons (Fsp3) is 0.188. The minimum atomic E-state index is 0.173. The van der Waals surface area contributed by atoms with Crippen LogP contribution in [0.2, 0.25) is 5.15 Å². The van der Waals surface area contributed by atoms with Gasteiger partial charge in [-0.3, -0.25) is 4.98 Å². The number of aromatic nitrogens is 3. The minimum Gasteiger partial charge on any atom is -0.438 e. The Labute approximate surface area is 127 Å². The topological polar surface area (TPSA) is 47.9 Å². The van der Waals surface area contributed by atoms with Gasteiger partial charge < -0.3 is 4.74 Å². The molecule has 0 bridgehead atoms. The third kappa shape index (κ3) is 2.81. The summed E-state index contributed by atoms with van der Waals surface area (Å²) in [5, 5.41) is 1.49. The summed E-state index contributed by atoms with van der Waals surface area (Å²) in [6.45, 7) is 4.05. The molecule has 0 aliphatic rings. The smallest absolute Gasteiger partial charge is 0.227 e. The quantitative estimate of drug-likeness (QED) is 0.663. The molecule has 21 heavy (non-hydrogen) atoms. The van der Waals surface area contributed by atoms with Gasteiger partial charge >= 0.3 is 0 Å². The first-order chi connectivity index (χ1) is 10.1. The molecule has 3 aromatic rings. The summed E-state index contributed by atoms with van der Waals surface area (Å²) in [7, 11) is 0. The number of halogens is 1. The zero-order chi connectivity index (χ0) is 14.8. The largest absolute Gasteiger partial charge is 0.438 e. The van der Waals surface area contributed by atoms with Crippen molar-refractivity contribution >= 4 is 22.5 Å². The van der Waals surface area contributed by atoms with Crippen molar-refractivity contribution in [1.82, 2.24) is 15.0 Å². The molecule has 0 spiro atoms.